The average Bonchev–Trinajstić information content (AvgIpc) is 3.15. The second-order valence-electron chi connectivity index (χ2n) is 6.59. The summed E-state index contributed by atoms with van der Waals surface area (Å²) in [6, 6.07) is 12.7. The molecule has 150 valence electrons. The number of piperazine rings is 1. The minimum absolute atomic E-state index is 0. The molecule has 1 unspecified atom stereocenters. The molecule has 1 fully saturated rings. The number of ether oxygens (including phenoxy) is 3. The number of carbonyl (C=O) groups excluding carboxylic acids is 1. The Hall–Kier alpha value is -1.99. The number of benzene rings is 2. The highest BCUT2D eigenvalue weighted by atomic mass is 35.5. The SMILES string of the molecule is Cl.O=C(COc1ccc(Cl)cc1)C1CNCCN1Cc1ccc2c(c1)OCO2. The Morgan fingerprint density at radius 1 is 1.18 bits per heavy atom. The number of hydrogen-bond donors (Lipinski definition) is 1. The van der Waals surface area contributed by atoms with E-state index in [1.807, 2.05) is 18.2 Å². The van der Waals surface area contributed by atoms with E-state index in [0.717, 1.165) is 30.2 Å². The van der Waals surface area contributed by atoms with Gasteiger partial charge in [-0.25, -0.2) is 0 Å². The van der Waals surface area contributed by atoms with Gasteiger partial charge in [-0.1, -0.05) is 17.7 Å². The zero-order valence-electron chi connectivity index (χ0n) is 15.2. The van der Waals surface area contributed by atoms with E-state index in [-0.39, 0.29) is 37.6 Å². The van der Waals surface area contributed by atoms with Gasteiger partial charge in [0, 0.05) is 31.2 Å². The highest BCUT2D eigenvalue weighted by Crippen LogP contribution is 2.33. The molecule has 2 aromatic carbocycles. The van der Waals surface area contributed by atoms with Crippen molar-refractivity contribution in [1.82, 2.24) is 10.2 Å². The van der Waals surface area contributed by atoms with E-state index in [9.17, 15) is 4.79 Å². The average molecular weight is 425 g/mol. The van der Waals surface area contributed by atoms with Gasteiger partial charge in [0.05, 0.1) is 6.04 Å². The van der Waals surface area contributed by atoms with Crippen molar-refractivity contribution in [2.24, 2.45) is 0 Å². The van der Waals surface area contributed by atoms with Crippen LogP contribution in [0.15, 0.2) is 42.5 Å². The van der Waals surface area contributed by atoms with Crippen LogP contribution in [0.5, 0.6) is 17.2 Å². The highest BCUT2D eigenvalue weighted by Gasteiger charge is 2.29. The summed E-state index contributed by atoms with van der Waals surface area (Å²) >= 11 is 5.87. The van der Waals surface area contributed by atoms with Crippen LogP contribution in [0.1, 0.15) is 5.56 Å². The van der Waals surface area contributed by atoms with Crippen LogP contribution in [0, 0.1) is 0 Å². The third-order valence-electron chi connectivity index (χ3n) is 4.74. The summed E-state index contributed by atoms with van der Waals surface area (Å²) in [5.41, 5.74) is 1.09. The quantitative estimate of drug-likeness (QED) is 0.768. The van der Waals surface area contributed by atoms with Gasteiger partial charge < -0.3 is 19.5 Å². The number of carbonyl (C=O) groups is 1. The van der Waals surface area contributed by atoms with Gasteiger partial charge in [-0.2, -0.15) is 0 Å². The van der Waals surface area contributed by atoms with Crippen LogP contribution >= 0.6 is 24.0 Å². The molecule has 0 aromatic heterocycles. The molecule has 2 aromatic rings. The van der Waals surface area contributed by atoms with Crippen molar-refractivity contribution in [1.29, 1.82) is 0 Å². The molecule has 0 aliphatic carbocycles. The van der Waals surface area contributed by atoms with Gasteiger partial charge in [-0.05, 0) is 42.0 Å². The summed E-state index contributed by atoms with van der Waals surface area (Å²) in [5.74, 6) is 2.22. The third kappa shape index (κ3) is 4.89. The molecular formula is C20H22Cl2N2O4. The lowest BCUT2D eigenvalue weighted by molar-refractivity contribution is -0.127. The van der Waals surface area contributed by atoms with Crippen molar-refractivity contribution in [3.05, 3.63) is 53.1 Å². The van der Waals surface area contributed by atoms with Crippen LogP contribution in [0.2, 0.25) is 5.02 Å². The zero-order chi connectivity index (χ0) is 18.6. The Bertz CT molecular complexity index is 816. The van der Waals surface area contributed by atoms with Gasteiger partial charge in [0.1, 0.15) is 12.4 Å². The van der Waals surface area contributed by atoms with Crippen molar-refractivity contribution < 1.29 is 19.0 Å². The lowest BCUT2D eigenvalue weighted by atomic mass is 10.1. The van der Waals surface area contributed by atoms with Crippen LogP contribution in [0.25, 0.3) is 0 Å². The van der Waals surface area contributed by atoms with E-state index < -0.39 is 0 Å². The summed E-state index contributed by atoms with van der Waals surface area (Å²) in [6.07, 6.45) is 0. The predicted molar refractivity (Wildman–Crippen MR) is 109 cm³/mol. The Balaban J connectivity index is 0.00000225. The fourth-order valence-electron chi connectivity index (χ4n) is 3.31. The Morgan fingerprint density at radius 2 is 1.96 bits per heavy atom. The standard InChI is InChI=1S/C20H21ClN2O4.ClH/c21-15-2-4-16(5-3-15)25-12-18(24)17-10-22-7-8-23(17)11-14-1-6-19-20(9-14)27-13-26-19;/h1-6,9,17,22H,7-8,10-13H2;1H. The number of Topliss-reactive ketones (excluding diaryl/α,β-unsaturated/α-hetero) is 1. The van der Waals surface area contributed by atoms with Crippen LogP contribution in [0.3, 0.4) is 0 Å². The monoisotopic (exact) mass is 424 g/mol. The molecule has 1 saturated heterocycles. The summed E-state index contributed by atoms with van der Waals surface area (Å²) in [5, 5.41) is 3.94. The molecule has 0 bridgehead atoms. The van der Waals surface area contributed by atoms with Gasteiger partial charge in [0.2, 0.25) is 6.79 Å². The number of ketones is 1. The molecule has 2 aliphatic heterocycles. The van der Waals surface area contributed by atoms with Gasteiger partial charge >= 0.3 is 0 Å². The summed E-state index contributed by atoms with van der Waals surface area (Å²) in [6.45, 7) is 3.24. The largest absolute Gasteiger partial charge is 0.486 e. The molecule has 4 rings (SSSR count). The van der Waals surface area contributed by atoms with Crippen molar-refractivity contribution in [2.75, 3.05) is 33.0 Å². The lowest BCUT2D eigenvalue weighted by Gasteiger charge is -2.35. The minimum Gasteiger partial charge on any atom is -0.486 e. The fraction of sp³-hybridized carbons (Fsp3) is 0.350. The first kappa shape index (κ1) is 20.7. The lowest BCUT2D eigenvalue weighted by Crippen LogP contribution is -2.55. The summed E-state index contributed by atoms with van der Waals surface area (Å²) in [7, 11) is 0. The molecule has 2 aliphatic rings. The normalized spacial score (nSPS) is 18.4. The third-order valence-corrected chi connectivity index (χ3v) is 5.00. The number of rotatable bonds is 6. The van der Waals surface area contributed by atoms with Crippen molar-refractivity contribution in [3.63, 3.8) is 0 Å². The minimum atomic E-state index is -0.225. The molecule has 0 radical (unpaired) electrons. The van der Waals surface area contributed by atoms with Crippen LogP contribution in [0.4, 0.5) is 0 Å². The molecule has 1 N–H and O–H groups in total. The maximum absolute atomic E-state index is 12.7. The molecule has 1 atom stereocenters. The highest BCUT2D eigenvalue weighted by molar-refractivity contribution is 6.30. The first-order valence-corrected chi connectivity index (χ1v) is 9.31. The molecule has 8 heteroatoms. The van der Waals surface area contributed by atoms with Crippen molar-refractivity contribution in [2.45, 2.75) is 12.6 Å². The maximum atomic E-state index is 12.7. The molecular weight excluding hydrogens is 403 g/mol. The van der Waals surface area contributed by atoms with Crippen LogP contribution in [-0.4, -0.2) is 49.8 Å². The Kier molecular flexibility index (Phi) is 7.02. The number of nitrogens with one attached hydrogen (secondary N) is 1. The fourth-order valence-corrected chi connectivity index (χ4v) is 3.43. The smallest absolute Gasteiger partial charge is 0.231 e. The number of halogens is 2. The summed E-state index contributed by atoms with van der Waals surface area (Å²) in [4.78, 5) is 14.9. The van der Waals surface area contributed by atoms with Crippen LogP contribution in [-0.2, 0) is 11.3 Å². The van der Waals surface area contributed by atoms with E-state index in [0.29, 0.717) is 23.9 Å². The molecule has 2 heterocycles. The van der Waals surface area contributed by atoms with E-state index in [4.69, 9.17) is 25.8 Å². The Labute approximate surface area is 175 Å². The number of hydrogen-bond acceptors (Lipinski definition) is 6. The number of fused-ring (bicyclic) bond motifs is 1. The topological polar surface area (TPSA) is 60.0 Å². The van der Waals surface area contributed by atoms with Gasteiger partial charge in [-0.3, -0.25) is 9.69 Å². The number of nitrogens with zero attached hydrogens (tertiary/aromatic N) is 1. The Morgan fingerprint density at radius 3 is 2.79 bits per heavy atom. The van der Waals surface area contributed by atoms with Gasteiger partial charge in [0.15, 0.2) is 17.3 Å². The first-order valence-electron chi connectivity index (χ1n) is 8.93. The predicted octanol–water partition coefficient (Wildman–Crippen LogP) is 2.91. The molecule has 0 amide bonds. The molecule has 28 heavy (non-hydrogen) atoms. The molecule has 0 spiro atoms. The summed E-state index contributed by atoms with van der Waals surface area (Å²) < 4.78 is 16.4. The van der Waals surface area contributed by atoms with Crippen molar-refractivity contribution >= 4 is 29.8 Å². The maximum Gasteiger partial charge on any atom is 0.231 e. The van der Waals surface area contributed by atoms with E-state index in [1.165, 1.54) is 0 Å². The second kappa shape index (κ2) is 9.47. The van der Waals surface area contributed by atoms with Gasteiger partial charge in [0.25, 0.3) is 0 Å². The molecule has 6 nitrogen and oxygen atoms in total. The van der Waals surface area contributed by atoms with E-state index in [1.54, 1.807) is 24.3 Å². The van der Waals surface area contributed by atoms with Crippen molar-refractivity contribution in [3.8, 4) is 17.2 Å². The first-order chi connectivity index (χ1) is 13.2. The second-order valence-corrected chi connectivity index (χ2v) is 7.02. The van der Waals surface area contributed by atoms with Gasteiger partial charge in [-0.15, -0.1) is 12.4 Å². The van der Waals surface area contributed by atoms with Crippen LogP contribution < -0.4 is 19.5 Å². The van der Waals surface area contributed by atoms with E-state index in [2.05, 4.69) is 10.2 Å². The van der Waals surface area contributed by atoms with E-state index >= 15 is 0 Å². The zero-order valence-corrected chi connectivity index (χ0v) is 16.8. The molecule has 0 saturated carbocycles.